The third kappa shape index (κ3) is 6.51. The molecular formula is C22H26N2O6. The molecule has 0 fully saturated rings. The molecule has 0 heterocycles. The standard InChI is InChI=1S/C22H26N2O6/c1-4-5-11-21(26)30-14-20(25)23-16-12-19(29-3)17(13-18(16)28-2)24-22(27)15-9-7-6-8-10-15/h6-10,12-13H,4-5,11,14H2,1-3H3,(H,23,25)(H,24,27). The lowest BCUT2D eigenvalue weighted by atomic mass is 10.2. The molecule has 0 bridgehead atoms. The van der Waals surface area contributed by atoms with Gasteiger partial charge < -0.3 is 24.8 Å². The molecule has 0 saturated carbocycles. The third-order valence-electron chi connectivity index (χ3n) is 4.18. The van der Waals surface area contributed by atoms with E-state index < -0.39 is 18.5 Å². The average Bonchev–Trinajstić information content (AvgIpc) is 2.77. The molecule has 0 saturated heterocycles. The van der Waals surface area contributed by atoms with Crippen LogP contribution in [0.1, 0.15) is 36.5 Å². The second-order valence-corrected chi connectivity index (χ2v) is 6.39. The van der Waals surface area contributed by atoms with Gasteiger partial charge in [0.05, 0.1) is 25.6 Å². The van der Waals surface area contributed by atoms with Gasteiger partial charge in [-0.2, -0.15) is 0 Å². The number of carbonyl (C=O) groups excluding carboxylic acids is 3. The summed E-state index contributed by atoms with van der Waals surface area (Å²) in [4.78, 5) is 36.2. The molecule has 8 nitrogen and oxygen atoms in total. The van der Waals surface area contributed by atoms with Crippen molar-refractivity contribution in [3.8, 4) is 11.5 Å². The smallest absolute Gasteiger partial charge is 0.306 e. The maximum atomic E-state index is 12.4. The third-order valence-corrected chi connectivity index (χ3v) is 4.18. The zero-order chi connectivity index (χ0) is 21.9. The van der Waals surface area contributed by atoms with E-state index in [0.717, 1.165) is 6.42 Å². The van der Waals surface area contributed by atoms with Crippen molar-refractivity contribution in [1.29, 1.82) is 0 Å². The molecule has 0 atom stereocenters. The number of rotatable bonds is 10. The Balaban J connectivity index is 2.11. The fraction of sp³-hybridized carbons (Fsp3) is 0.318. The van der Waals surface area contributed by atoms with Gasteiger partial charge in [-0.25, -0.2) is 0 Å². The molecule has 0 aromatic heterocycles. The van der Waals surface area contributed by atoms with E-state index in [9.17, 15) is 14.4 Å². The molecule has 0 aliphatic carbocycles. The Hall–Kier alpha value is -3.55. The maximum absolute atomic E-state index is 12.4. The van der Waals surface area contributed by atoms with Crippen LogP contribution in [-0.2, 0) is 14.3 Å². The monoisotopic (exact) mass is 414 g/mol. The number of nitrogens with one attached hydrogen (secondary N) is 2. The highest BCUT2D eigenvalue weighted by Gasteiger charge is 2.17. The molecule has 2 aromatic carbocycles. The minimum atomic E-state index is -0.513. The number of methoxy groups -OCH3 is 2. The van der Waals surface area contributed by atoms with E-state index >= 15 is 0 Å². The molecule has 160 valence electrons. The molecule has 8 heteroatoms. The van der Waals surface area contributed by atoms with Crippen LogP contribution in [0.15, 0.2) is 42.5 Å². The number of benzene rings is 2. The maximum Gasteiger partial charge on any atom is 0.306 e. The van der Waals surface area contributed by atoms with Crippen LogP contribution in [0, 0.1) is 0 Å². The van der Waals surface area contributed by atoms with Crippen molar-refractivity contribution in [2.45, 2.75) is 26.2 Å². The number of amides is 2. The predicted molar refractivity (Wildman–Crippen MR) is 113 cm³/mol. The summed E-state index contributed by atoms with van der Waals surface area (Å²) < 4.78 is 15.6. The van der Waals surface area contributed by atoms with E-state index in [2.05, 4.69) is 10.6 Å². The van der Waals surface area contributed by atoms with E-state index in [1.54, 1.807) is 30.3 Å². The van der Waals surface area contributed by atoms with Crippen molar-refractivity contribution < 1.29 is 28.6 Å². The number of esters is 1. The molecule has 0 aliphatic heterocycles. The highest BCUT2D eigenvalue weighted by Crippen LogP contribution is 2.36. The molecule has 0 spiro atoms. The summed E-state index contributed by atoms with van der Waals surface area (Å²) >= 11 is 0. The van der Waals surface area contributed by atoms with E-state index in [0.29, 0.717) is 34.9 Å². The van der Waals surface area contributed by atoms with Crippen molar-refractivity contribution in [3.05, 3.63) is 48.0 Å². The van der Waals surface area contributed by atoms with Crippen molar-refractivity contribution >= 4 is 29.2 Å². The Bertz CT molecular complexity index is 883. The molecular weight excluding hydrogens is 388 g/mol. The zero-order valence-electron chi connectivity index (χ0n) is 17.3. The summed E-state index contributed by atoms with van der Waals surface area (Å²) in [6.45, 7) is 1.56. The van der Waals surface area contributed by atoms with Gasteiger partial charge >= 0.3 is 5.97 Å². The van der Waals surface area contributed by atoms with Crippen molar-refractivity contribution in [1.82, 2.24) is 0 Å². The van der Waals surface area contributed by atoms with Crippen molar-refractivity contribution in [2.75, 3.05) is 31.5 Å². The Morgan fingerprint density at radius 1 is 0.900 bits per heavy atom. The van der Waals surface area contributed by atoms with Gasteiger partial charge in [0.15, 0.2) is 6.61 Å². The summed E-state index contributed by atoms with van der Waals surface area (Å²) in [5.74, 6) is -0.608. The summed E-state index contributed by atoms with van der Waals surface area (Å²) in [7, 11) is 2.88. The Kier molecular flexibility index (Phi) is 8.68. The molecule has 2 rings (SSSR count). The minimum absolute atomic E-state index is 0.275. The molecule has 2 N–H and O–H groups in total. The van der Waals surface area contributed by atoms with Crippen LogP contribution in [-0.4, -0.2) is 38.6 Å². The van der Waals surface area contributed by atoms with Crippen LogP contribution in [0.25, 0.3) is 0 Å². The molecule has 0 radical (unpaired) electrons. The Morgan fingerprint density at radius 3 is 2.07 bits per heavy atom. The number of unbranched alkanes of at least 4 members (excludes halogenated alkanes) is 1. The first kappa shape index (κ1) is 22.7. The first-order chi connectivity index (χ1) is 14.5. The highest BCUT2D eigenvalue weighted by molar-refractivity contribution is 6.05. The summed E-state index contributed by atoms with van der Waals surface area (Å²) in [5, 5.41) is 5.39. The predicted octanol–water partition coefficient (Wildman–Crippen LogP) is 3.63. The van der Waals surface area contributed by atoms with Gasteiger partial charge in [-0.3, -0.25) is 14.4 Å². The second-order valence-electron chi connectivity index (χ2n) is 6.39. The zero-order valence-corrected chi connectivity index (χ0v) is 17.3. The number of hydrogen-bond donors (Lipinski definition) is 2. The molecule has 0 aliphatic rings. The van der Waals surface area contributed by atoms with Crippen molar-refractivity contribution in [3.63, 3.8) is 0 Å². The molecule has 2 amide bonds. The van der Waals surface area contributed by atoms with Gasteiger partial charge in [-0.15, -0.1) is 0 Å². The van der Waals surface area contributed by atoms with E-state index in [1.165, 1.54) is 20.3 Å². The van der Waals surface area contributed by atoms with Gasteiger partial charge in [0, 0.05) is 24.1 Å². The van der Waals surface area contributed by atoms with Crippen LogP contribution < -0.4 is 20.1 Å². The minimum Gasteiger partial charge on any atom is -0.494 e. The quantitative estimate of drug-likeness (QED) is 0.576. The Labute approximate surface area is 175 Å². The number of ether oxygens (including phenoxy) is 3. The molecule has 2 aromatic rings. The van der Waals surface area contributed by atoms with Gasteiger partial charge in [0.1, 0.15) is 11.5 Å². The average molecular weight is 414 g/mol. The lowest BCUT2D eigenvalue weighted by molar-refractivity contribution is -0.147. The second kappa shape index (κ2) is 11.5. The summed E-state index contributed by atoms with van der Waals surface area (Å²) in [6, 6.07) is 11.8. The fourth-order valence-electron chi connectivity index (χ4n) is 2.60. The highest BCUT2D eigenvalue weighted by atomic mass is 16.5. The first-order valence-electron chi connectivity index (χ1n) is 9.56. The molecule has 0 unspecified atom stereocenters. The normalized spacial score (nSPS) is 10.1. The van der Waals surface area contributed by atoms with Crippen LogP contribution in [0.5, 0.6) is 11.5 Å². The van der Waals surface area contributed by atoms with Gasteiger partial charge in [-0.1, -0.05) is 31.5 Å². The Morgan fingerprint density at radius 2 is 1.50 bits per heavy atom. The lowest BCUT2D eigenvalue weighted by Gasteiger charge is -2.16. The summed E-state index contributed by atoms with van der Waals surface area (Å²) in [5.41, 5.74) is 1.19. The number of anilines is 2. The SMILES string of the molecule is CCCCC(=O)OCC(=O)Nc1cc(OC)c(NC(=O)c2ccccc2)cc1OC. The largest absolute Gasteiger partial charge is 0.494 e. The van der Waals surface area contributed by atoms with Gasteiger partial charge in [0.2, 0.25) is 0 Å². The summed E-state index contributed by atoms with van der Waals surface area (Å²) in [6.07, 6.45) is 1.85. The number of carbonyl (C=O) groups is 3. The number of hydrogen-bond acceptors (Lipinski definition) is 6. The van der Waals surface area contributed by atoms with E-state index in [1.807, 2.05) is 13.0 Å². The van der Waals surface area contributed by atoms with Crippen molar-refractivity contribution in [2.24, 2.45) is 0 Å². The fourth-order valence-corrected chi connectivity index (χ4v) is 2.60. The first-order valence-corrected chi connectivity index (χ1v) is 9.56. The molecule has 30 heavy (non-hydrogen) atoms. The lowest BCUT2D eigenvalue weighted by Crippen LogP contribution is -2.21. The van der Waals surface area contributed by atoms with Crippen LogP contribution in [0.2, 0.25) is 0 Å². The van der Waals surface area contributed by atoms with Crippen LogP contribution in [0.4, 0.5) is 11.4 Å². The van der Waals surface area contributed by atoms with Crippen LogP contribution in [0.3, 0.4) is 0 Å². The van der Waals surface area contributed by atoms with Crippen LogP contribution >= 0.6 is 0 Å². The van der Waals surface area contributed by atoms with Gasteiger partial charge in [0.25, 0.3) is 11.8 Å². The topological polar surface area (TPSA) is 103 Å². The van der Waals surface area contributed by atoms with E-state index in [-0.39, 0.29) is 12.3 Å². The van der Waals surface area contributed by atoms with E-state index in [4.69, 9.17) is 14.2 Å². The van der Waals surface area contributed by atoms with Gasteiger partial charge in [-0.05, 0) is 18.6 Å².